The fourth-order valence-electron chi connectivity index (χ4n) is 2.01. The molecule has 1 N–H and O–H groups in total. The van der Waals surface area contributed by atoms with E-state index < -0.39 is 5.82 Å². The summed E-state index contributed by atoms with van der Waals surface area (Å²) in [7, 11) is 0. The maximum Gasteiger partial charge on any atom is 0.234 e. The van der Waals surface area contributed by atoms with Gasteiger partial charge in [0, 0.05) is 5.75 Å². The van der Waals surface area contributed by atoms with Crippen LogP contribution in [0.5, 0.6) is 0 Å². The van der Waals surface area contributed by atoms with Crippen LogP contribution in [0.4, 0.5) is 10.1 Å². The van der Waals surface area contributed by atoms with Gasteiger partial charge in [0.1, 0.15) is 5.82 Å². The number of halogens is 1. The Morgan fingerprint density at radius 1 is 1.14 bits per heavy atom. The van der Waals surface area contributed by atoms with E-state index in [9.17, 15) is 9.18 Å². The van der Waals surface area contributed by atoms with E-state index in [1.54, 1.807) is 18.2 Å². The number of anilines is 1. The number of hydrogen-bond acceptors (Lipinski definition) is 2. The smallest absolute Gasteiger partial charge is 0.234 e. The molecule has 2 rings (SSSR count). The molecular weight excluding hydrogens is 297 g/mol. The summed E-state index contributed by atoms with van der Waals surface area (Å²) in [4.78, 5) is 11.8. The highest BCUT2D eigenvalue weighted by molar-refractivity contribution is 7.99. The third-order valence-corrected chi connectivity index (χ3v) is 4.30. The Morgan fingerprint density at radius 3 is 2.45 bits per heavy atom. The highest BCUT2D eigenvalue weighted by atomic mass is 32.2. The van der Waals surface area contributed by atoms with E-state index in [2.05, 4.69) is 43.4 Å². The van der Waals surface area contributed by atoms with Crippen molar-refractivity contribution >= 4 is 23.4 Å². The molecule has 2 aromatic carbocycles. The van der Waals surface area contributed by atoms with Gasteiger partial charge in [-0.3, -0.25) is 4.79 Å². The number of thioether (sulfide) groups is 1. The van der Waals surface area contributed by atoms with Gasteiger partial charge in [0.2, 0.25) is 5.91 Å². The van der Waals surface area contributed by atoms with Crippen molar-refractivity contribution in [2.75, 3.05) is 11.1 Å². The molecule has 4 heteroatoms. The lowest BCUT2D eigenvalue weighted by Gasteiger charge is -2.08. The standard InChI is InChI=1S/C18H20FNOS/c1-13(2)15-9-7-14(8-10-15)11-22-12-18(21)20-17-6-4-3-5-16(17)19/h3-10,13H,11-12H2,1-2H3,(H,20,21). The molecule has 2 nitrogen and oxygen atoms in total. The van der Waals surface area contributed by atoms with Crippen molar-refractivity contribution in [3.63, 3.8) is 0 Å². The van der Waals surface area contributed by atoms with Gasteiger partial charge in [-0.05, 0) is 29.2 Å². The minimum atomic E-state index is -0.412. The van der Waals surface area contributed by atoms with E-state index in [1.165, 1.54) is 29.0 Å². The summed E-state index contributed by atoms with van der Waals surface area (Å²) in [6.07, 6.45) is 0. The van der Waals surface area contributed by atoms with E-state index in [0.717, 1.165) is 5.75 Å². The number of carbonyl (C=O) groups excluding carboxylic acids is 1. The molecule has 22 heavy (non-hydrogen) atoms. The molecule has 0 saturated carbocycles. The van der Waals surface area contributed by atoms with Crippen molar-refractivity contribution < 1.29 is 9.18 Å². The Balaban J connectivity index is 1.78. The predicted octanol–water partition coefficient (Wildman–Crippen LogP) is 4.82. The van der Waals surface area contributed by atoms with Crippen molar-refractivity contribution in [1.29, 1.82) is 0 Å². The largest absolute Gasteiger partial charge is 0.323 e. The van der Waals surface area contributed by atoms with Gasteiger partial charge in [-0.1, -0.05) is 50.2 Å². The Kier molecular flexibility index (Phi) is 6.01. The Labute approximate surface area is 135 Å². The van der Waals surface area contributed by atoms with Crippen molar-refractivity contribution in [1.82, 2.24) is 0 Å². The van der Waals surface area contributed by atoms with Crippen LogP contribution in [-0.4, -0.2) is 11.7 Å². The van der Waals surface area contributed by atoms with E-state index >= 15 is 0 Å². The molecule has 0 atom stereocenters. The highest BCUT2D eigenvalue weighted by Gasteiger charge is 2.06. The highest BCUT2D eigenvalue weighted by Crippen LogP contribution is 2.18. The van der Waals surface area contributed by atoms with Crippen LogP contribution in [0.2, 0.25) is 0 Å². The molecule has 116 valence electrons. The number of benzene rings is 2. The zero-order chi connectivity index (χ0) is 15.9. The monoisotopic (exact) mass is 317 g/mol. The first-order valence-electron chi connectivity index (χ1n) is 7.27. The lowest BCUT2D eigenvalue weighted by atomic mass is 10.0. The van der Waals surface area contributed by atoms with Gasteiger partial charge in [0.15, 0.2) is 0 Å². The first-order valence-corrected chi connectivity index (χ1v) is 8.42. The third kappa shape index (κ3) is 4.88. The van der Waals surface area contributed by atoms with Crippen LogP contribution in [0, 0.1) is 5.82 Å². The van der Waals surface area contributed by atoms with Crippen LogP contribution >= 0.6 is 11.8 Å². The maximum absolute atomic E-state index is 13.4. The lowest BCUT2D eigenvalue weighted by Crippen LogP contribution is -2.15. The zero-order valence-electron chi connectivity index (χ0n) is 12.8. The van der Waals surface area contributed by atoms with Crippen LogP contribution in [-0.2, 0) is 10.5 Å². The second-order valence-electron chi connectivity index (χ2n) is 5.42. The molecule has 1 amide bonds. The van der Waals surface area contributed by atoms with Crippen LogP contribution < -0.4 is 5.32 Å². The normalized spacial score (nSPS) is 10.7. The SMILES string of the molecule is CC(C)c1ccc(CSCC(=O)Nc2ccccc2F)cc1. The third-order valence-electron chi connectivity index (χ3n) is 3.30. The number of nitrogens with one attached hydrogen (secondary N) is 1. The van der Waals surface area contributed by atoms with E-state index in [-0.39, 0.29) is 11.6 Å². The summed E-state index contributed by atoms with van der Waals surface area (Å²) < 4.78 is 13.4. The molecule has 0 aliphatic heterocycles. The number of rotatable bonds is 6. The summed E-state index contributed by atoms with van der Waals surface area (Å²) in [6, 6.07) is 14.6. The van der Waals surface area contributed by atoms with Gasteiger partial charge in [-0.2, -0.15) is 0 Å². The molecule has 0 spiro atoms. The van der Waals surface area contributed by atoms with Crippen molar-refractivity contribution in [3.8, 4) is 0 Å². The molecule has 0 bridgehead atoms. The van der Waals surface area contributed by atoms with Crippen LogP contribution in [0.3, 0.4) is 0 Å². The van der Waals surface area contributed by atoms with E-state index in [1.807, 2.05) is 0 Å². The van der Waals surface area contributed by atoms with Crippen molar-refractivity contribution in [2.45, 2.75) is 25.5 Å². The maximum atomic E-state index is 13.4. The summed E-state index contributed by atoms with van der Waals surface area (Å²) >= 11 is 1.52. The fraction of sp³-hybridized carbons (Fsp3) is 0.278. The average Bonchev–Trinajstić information content (AvgIpc) is 2.50. The fourth-order valence-corrected chi connectivity index (χ4v) is 2.80. The molecule has 0 aliphatic rings. The van der Waals surface area contributed by atoms with Crippen LogP contribution in [0.15, 0.2) is 48.5 Å². The topological polar surface area (TPSA) is 29.1 Å². The zero-order valence-corrected chi connectivity index (χ0v) is 13.6. The summed E-state index contributed by atoms with van der Waals surface area (Å²) in [5.74, 6) is 0.996. The molecule has 0 fully saturated rings. The predicted molar refractivity (Wildman–Crippen MR) is 91.7 cm³/mol. The number of hydrogen-bond donors (Lipinski definition) is 1. The van der Waals surface area contributed by atoms with E-state index in [0.29, 0.717) is 11.7 Å². The lowest BCUT2D eigenvalue weighted by molar-refractivity contribution is -0.113. The molecule has 2 aromatic rings. The minimum absolute atomic E-state index is 0.186. The minimum Gasteiger partial charge on any atom is -0.323 e. The van der Waals surface area contributed by atoms with Crippen LogP contribution in [0.25, 0.3) is 0 Å². The summed E-state index contributed by atoms with van der Waals surface area (Å²) in [6.45, 7) is 4.33. The first-order chi connectivity index (χ1) is 10.6. The first kappa shape index (κ1) is 16.6. The molecule has 0 aliphatic carbocycles. The summed E-state index contributed by atoms with van der Waals surface area (Å²) in [5.41, 5.74) is 2.73. The Bertz CT molecular complexity index is 625. The van der Waals surface area contributed by atoms with Gasteiger partial charge in [0.05, 0.1) is 11.4 Å². The Morgan fingerprint density at radius 2 is 1.82 bits per heavy atom. The van der Waals surface area contributed by atoms with Crippen molar-refractivity contribution in [2.24, 2.45) is 0 Å². The molecule has 0 aromatic heterocycles. The molecule has 0 saturated heterocycles. The van der Waals surface area contributed by atoms with E-state index in [4.69, 9.17) is 0 Å². The quantitative estimate of drug-likeness (QED) is 0.827. The molecule has 0 radical (unpaired) electrons. The molecule has 0 unspecified atom stereocenters. The average molecular weight is 317 g/mol. The van der Waals surface area contributed by atoms with Gasteiger partial charge >= 0.3 is 0 Å². The van der Waals surface area contributed by atoms with Crippen LogP contribution in [0.1, 0.15) is 30.9 Å². The second-order valence-corrected chi connectivity index (χ2v) is 6.40. The second kappa shape index (κ2) is 7.99. The molecule has 0 heterocycles. The van der Waals surface area contributed by atoms with Gasteiger partial charge in [0.25, 0.3) is 0 Å². The van der Waals surface area contributed by atoms with Gasteiger partial charge in [-0.25, -0.2) is 4.39 Å². The number of amides is 1. The Hall–Kier alpha value is -1.81. The van der Waals surface area contributed by atoms with Crippen molar-refractivity contribution in [3.05, 3.63) is 65.5 Å². The molecular formula is C18H20FNOS. The summed E-state index contributed by atoms with van der Waals surface area (Å²) in [5, 5.41) is 2.59. The van der Waals surface area contributed by atoms with Gasteiger partial charge < -0.3 is 5.32 Å². The number of carbonyl (C=O) groups is 1. The number of para-hydroxylation sites is 1. The van der Waals surface area contributed by atoms with Gasteiger partial charge in [-0.15, -0.1) is 11.8 Å².